The second-order valence-corrected chi connectivity index (χ2v) is 6.85. The second kappa shape index (κ2) is 7.28. The Morgan fingerprint density at radius 2 is 1.76 bits per heavy atom. The van der Waals surface area contributed by atoms with Gasteiger partial charge in [0.15, 0.2) is 5.65 Å². The summed E-state index contributed by atoms with van der Waals surface area (Å²) in [6, 6.07) is 22.3. The molecule has 0 radical (unpaired) electrons. The number of hydrogen-bond acceptors (Lipinski definition) is 5. The van der Waals surface area contributed by atoms with E-state index in [1.54, 1.807) is 6.20 Å². The molecule has 0 amide bonds. The van der Waals surface area contributed by atoms with Crippen molar-refractivity contribution in [1.82, 2.24) is 19.9 Å². The van der Waals surface area contributed by atoms with Crippen molar-refractivity contribution in [3.8, 4) is 17.1 Å². The van der Waals surface area contributed by atoms with E-state index in [2.05, 4.69) is 58.3 Å². The SMILES string of the molecule is Cc1cccc2cc(COc3ncnc4ncccc34)c(-c3ccccc3)nc12. The number of rotatable bonds is 4. The molecule has 0 fully saturated rings. The molecule has 0 N–H and O–H groups in total. The summed E-state index contributed by atoms with van der Waals surface area (Å²) < 4.78 is 6.12. The minimum atomic E-state index is 0.349. The standard InChI is InChI=1S/C24H18N4O/c1-16-7-5-10-18-13-19(22(28-21(16)18)17-8-3-2-4-9-17)14-29-24-20-11-6-12-25-23(20)26-15-27-24/h2-13,15H,14H2,1H3. The molecular formula is C24H18N4O. The number of hydrogen-bond donors (Lipinski definition) is 0. The third-order valence-electron chi connectivity index (χ3n) is 4.91. The van der Waals surface area contributed by atoms with Gasteiger partial charge in [0.05, 0.1) is 16.6 Å². The van der Waals surface area contributed by atoms with Gasteiger partial charge in [-0.05, 0) is 30.7 Å². The van der Waals surface area contributed by atoms with Crippen molar-refractivity contribution in [3.63, 3.8) is 0 Å². The van der Waals surface area contributed by atoms with Gasteiger partial charge in [-0.2, -0.15) is 0 Å². The summed E-state index contributed by atoms with van der Waals surface area (Å²) in [6.45, 7) is 2.43. The first-order chi connectivity index (χ1) is 14.3. The Balaban J connectivity index is 1.60. The lowest BCUT2D eigenvalue weighted by Gasteiger charge is -2.13. The molecule has 29 heavy (non-hydrogen) atoms. The fourth-order valence-electron chi connectivity index (χ4n) is 3.48. The number of para-hydroxylation sites is 1. The van der Waals surface area contributed by atoms with Gasteiger partial charge in [0.1, 0.15) is 12.9 Å². The molecule has 3 heterocycles. The largest absolute Gasteiger partial charge is 0.472 e. The van der Waals surface area contributed by atoms with Crippen LogP contribution in [0.1, 0.15) is 11.1 Å². The maximum atomic E-state index is 6.12. The number of fused-ring (bicyclic) bond motifs is 2. The van der Waals surface area contributed by atoms with E-state index in [1.807, 2.05) is 30.3 Å². The van der Waals surface area contributed by atoms with Gasteiger partial charge in [-0.25, -0.2) is 19.9 Å². The van der Waals surface area contributed by atoms with E-state index in [0.29, 0.717) is 18.1 Å². The molecule has 5 heteroatoms. The molecule has 3 aromatic heterocycles. The van der Waals surface area contributed by atoms with Crippen molar-refractivity contribution < 1.29 is 4.74 Å². The summed E-state index contributed by atoms with van der Waals surface area (Å²) in [5.74, 6) is 0.520. The second-order valence-electron chi connectivity index (χ2n) is 6.85. The van der Waals surface area contributed by atoms with E-state index < -0.39 is 0 Å². The van der Waals surface area contributed by atoms with Crippen LogP contribution in [0.4, 0.5) is 0 Å². The van der Waals surface area contributed by atoms with E-state index in [1.165, 1.54) is 6.33 Å². The molecule has 5 nitrogen and oxygen atoms in total. The zero-order valence-corrected chi connectivity index (χ0v) is 15.9. The van der Waals surface area contributed by atoms with Crippen molar-refractivity contribution in [1.29, 1.82) is 0 Å². The summed E-state index contributed by atoms with van der Waals surface area (Å²) in [7, 11) is 0. The average molecular weight is 378 g/mol. The molecule has 140 valence electrons. The van der Waals surface area contributed by atoms with Gasteiger partial charge in [-0.1, -0.05) is 48.5 Å². The van der Waals surface area contributed by atoms with Crippen LogP contribution in [0.5, 0.6) is 5.88 Å². The predicted molar refractivity (Wildman–Crippen MR) is 114 cm³/mol. The van der Waals surface area contributed by atoms with E-state index in [0.717, 1.165) is 38.7 Å². The fraction of sp³-hybridized carbons (Fsp3) is 0.0833. The lowest BCUT2D eigenvalue weighted by molar-refractivity contribution is 0.298. The molecule has 0 atom stereocenters. The fourth-order valence-corrected chi connectivity index (χ4v) is 3.48. The smallest absolute Gasteiger partial charge is 0.226 e. The summed E-state index contributed by atoms with van der Waals surface area (Å²) >= 11 is 0. The summed E-state index contributed by atoms with van der Waals surface area (Å²) in [5, 5.41) is 1.89. The topological polar surface area (TPSA) is 60.8 Å². The van der Waals surface area contributed by atoms with Crippen molar-refractivity contribution in [3.05, 3.63) is 90.4 Å². The van der Waals surface area contributed by atoms with Crippen LogP contribution in [-0.4, -0.2) is 19.9 Å². The molecule has 0 saturated heterocycles. The molecule has 0 aliphatic carbocycles. The summed E-state index contributed by atoms with van der Waals surface area (Å²) in [6.07, 6.45) is 3.19. The maximum absolute atomic E-state index is 6.12. The molecule has 0 aliphatic rings. The highest BCUT2D eigenvalue weighted by molar-refractivity contribution is 5.86. The van der Waals surface area contributed by atoms with E-state index >= 15 is 0 Å². The van der Waals surface area contributed by atoms with E-state index in [9.17, 15) is 0 Å². The highest BCUT2D eigenvalue weighted by atomic mass is 16.5. The Morgan fingerprint density at radius 3 is 2.66 bits per heavy atom. The van der Waals surface area contributed by atoms with Crippen LogP contribution < -0.4 is 4.74 Å². The van der Waals surface area contributed by atoms with Crippen LogP contribution in [0.15, 0.2) is 79.3 Å². The van der Waals surface area contributed by atoms with Crippen molar-refractivity contribution in [2.24, 2.45) is 0 Å². The third kappa shape index (κ3) is 3.27. The predicted octanol–water partition coefficient (Wildman–Crippen LogP) is 5.13. The number of aromatic nitrogens is 4. The summed E-state index contributed by atoms with van der Waals surface area (Å²) in [4.78, 5) is 17.8. The lowest BCUT2D eigenvalue weighted by atomic mass is 10.0. The Hall–Kier alpha value is -3.86. The Kier molecular flexibility index (Phi) is 4.33. The van der Waals surface area contributed by atoms with Crippen LogP contribution in [0.3, 0.4) is 0 Å². The quantitative estimate of drug-likeness (QED) is 0.434. The number of aryl methyl sites for hydroxylation is 1. The first-order valence-corrected chi connectivity index (χ1v) is 9.43. The normalized spacial score (nSPS) is 11.1. The molecule has 0 saturated carbocycles. The first-order valence-electron chi connectivity index (χ1n) is 9.43. The minimum absolute atomic E-state index is 0.349. The zero-order valence-electron chi connectivity index (χ0n) is 15.9. The average Bonchev–Trinajstić information content (AvgIpc) is 2.78. The molecular weight excluding hydrogens is 360 g/mol. The van der Waals surface area contributed by atoms with Crippen molar-refractivity contribution in [2.75, 3.05) is 0 Å². The molecule has 0 aliphatic heterocycles. The van der Waals surface area contributed by atoms with Gasteiger partial charge in [0.2, 0.25) is 5.88 Å². The third-order valence-corrected chi connectivity index (χ3v) is 4.91. The van der Waals surface area contributed by atoms with Crippen LogP contribution in [0, 0.1) is 6.92 Å². The molecule has 0 unspecified atom stereocenters. The van der Waals surface area contributed by atoms with Crippen LogP contribution in [0.2, 0.25) is 0 Å². The molecule has 0 spiro atoms. The Morgan fingerprint density at radius 1 is 0.862 bits per heavy atom. The Labute approximate surface area is 168 Å². The van der Waals surface area contributed by atoms with Crippen molar-refractivity contribution >= 4 is 21.9 Å². The highest BCUT2D eigenvalue weighted by Crippen LogP contribution is 2.29. The first kappa shape index (κ1) is 17.3. The maximum Gasteiger partial charge on any atom is 0.226 e. The monoisotopic (exact) mass is 378 g/mol. The number of pyridine rings is 2. The Bertz CT molecular complexity index is 1310. The van der Waals surface area contributed by atoms with Gasteiger partial charge >= 0.3 is 0 Å². The number of nitrogens with zero attached hydrogens (tertiary/aromatic N) is 4. The number of ether oxygens (including phenoxy) is 1. The van der Waals surface area contributed by atoms with Gasteiger partial charge in [0.25, 0.3) is 0 Å². The molecule has 5 rings (SSSR count). The van der Waals surface area contributed by atoms with Gasteiger partial charge < -0.3 is 4.74 Å². The highest BCUT2D eigenvalue weighted by Gasteiger charge is 2.13. The van der Waals surface area contributed by atoms with Crippen LogP contribution >= 0.6 is 0 Å². The minimum Gasteiger partial charge on any atom is -0.472 e. The van der Waals surface area contributed by atoms with E-state index in [-0.39, 0.29) is 0 Å². The lowest BCUT2D eigenvalue weighted by Crippen LogP contribution is -2.03. The molecule has 0 bridgehead atoms. The van der Waals surface area contributed by atoms with Gasteiger partial charge in [0, 0.05) is 22.7 Å². The summed E-state index contributed by atoms with van der Waals surface area (Å²) in [5.41, 5.74) is 5.76. The van der Waals surface area contributed by atoms with Crippen LogP contribution in [-0.2, 0) is 6.61 Å². The van der Waals surface area contributed by atoms with E-state index in [4.69, 9.17) is 9.72 Å². The van der Waals surface area contributed by atoms with Crippen molar-refractivity contribution in [2.45, 2.75) is 13.5 Å². The van der Waals surface area contributed by atoms with Gasteiger partial charge in [-0.3, -0.25) is 0 Å². The van der Waals surface area contributed by atoms with Gasteiger partial charge in [-0.15, -0.1) is 0 Å². The molecule has 2 aromatic carbocycles. The number of benzene rings is 2. The molecule has 5 aromatic rings. The van der Waals surface area contributed by atoms with Crippen LogP contribution in [0.25, 0.3) is 33.2 Å². The zero-order chi connectivity index (χ0) is 19.6.